The highest BCUT2D eigenvalue weighted by Gasteiger charge is 2.38. The van der Waals surface area contributed by atoms with Crippen molar-refractivity contribution in [3.8, 4) is 0 Å². The molecule has 0 heterocycles. The number of thioether (sulfide) groups is 2. The van der Waals surface area contributed by atoms with Gasteiger partial charge in [0.15, 0.2) is 0 Å². The first-order valence-corrected chi connectivity index (χ1v) is 28.9. The monoisotopic (exact) mass is 1030 g/mol. The second-order valence-corrected chi connectivity index (χ2v) is 20.7. The molecule has 0 aliphatic heterocycles. The van der Waals surface area contributed by atoms with Crippen LogP contribution >= 0.6 is 57.4 Å². The molecular weight excluding hydrogens is 958 g/mol. The third-order valence-corrected chi connectivity index (χ3v) is 14.5. The van der Waals surface area contributed by atoms with Gasteiger partial charge in [-0.3, -0.25) is 39.0 Å². The van der Waals surface area contributed by atoms with Crippen molar-refractivity contribution in [1.29, 1.82) is 0 Å². The third-order valence-electron chi connectivity index (χ3n) is 8.67. The highest BCUT2D eigenvalue weighted by Crippen LogP contribution is 2.56. The first-order chi connectivity index (χ1) is 30.7. The zero-order chi connectivity index (χ0) is 47.6. The third kappa shape index (κ3) is 42.3. The molecule has 0 aliphatic carbocycles. The van der Waals surface area contributed by atoms with Gasteiger partial charge in [0.25, 0.3) is 0 Å². The van der Waals surface area contributed by atoms with Crippen molar-refractivity contribution in [1.82, 2.24) is 26.2 Å². The molecule has 0 aromatic carbocycles. The molecule has 376 valence electrons. The van der Waals surface area contributed by atoms with E-state index in [0.717, 1.165) is 75.7 Å². The lowest BCUT2D eigenvalue weighted by Crippen LogP contribution is -2.43. The Morgan fingerprint density at radius 2 is 1.11 bits per heavy atom. The Morgan fingerprint density at radius 1 is 0.625 bits per heavy atom. The van der Waals surface area contributed by atoms with Crippen LogP contribution in [0.1, 0.15) is 103 Å². The Hall–Kier alpha value is -1.03. The molecule has 11 N–H and O–H groups in total. The lowest BCUT2D eigenvalue weighted by Gasteiger charge is -2.22. The highest BCUT2D eigenvalue weighted by molar-refractivity contribution is 8.00. The molecular formula is C36H76N7O15P4S2+. The number of rotatable bonds is 45. The summed E-state index contributed by atoms with van der Waals surface area (Å²) in [5.41, 5.74) is 10.2. The number of carbonyl (C=O) groups excluding carboxylic acids is 5. The molecule has 22 nitrogen and oxygen atoms in total. The van der Waals surface area contributed by atoms with Gasteiger partial charge in [-0.25, -0.2) is 9.36 Å². The maximum Gasteiger partial charge on any atom is 0.574 e. The molecule has 0 saturated carbocycles. The number of unbranched alkanes of at least 4 members (excludes halogenated alkanes) is 10. The molecule has 3 unspecified atom stereocenters. The van der Waals surface area contributed by atoms with Gasteiger partial charge < -0.3 is 40.5 Å². The van der Waals surface area contributed by atoms with E-state index in [0.29, 0.717) is 63.1 Å². The number of phosphoric acid groups is 1. The summed E-state index contributed by atoms with van der Waals surface area (Å²) in [6, 6.07) is 0. The van der Waals surface area contributed by atoms with E-state index in [1.807, 2.05) is 0 Å². The van der Waals surface area contributed by atoms with Gasteiger partial charge in [-0.2, -0.15) is 37.8 Å². The Bertz CT molecular complexity index is 1300. The number of ether oxygens (including phenoxy) is 2. The van der Waals surface area contributed by atoms with E-state index in [1.165, 1.54) is 12.0 Å². The minimum Gasteiger partial charge on any atom is -0.447 e. The molecule has 0 saturated heterocycles. The summed E-state index contributed by atoms with van der Waals surface area (Å²) >= 11 is 3.11. The smallest absolute Gasteiger partial charge is 0.447 e. The van der Waals surface area contributed by atoms with Gasteiger partial charge in [-0.1, -0.05) is 38.5 Å². The van der Waals surface area contributed by atoms with Crippen molar-refractivity contribution >= 4 is 87.2 Å². The number of phosphoric ester groups is 1. The Kier molecular flexibility index (Phi) is 42.6. The van der Waals surface area contributed by atoms with Crippen molar-refractivity contribution in [3.63, 3.8) is 0 Å². The summed E-state index contributed by atoms with van der Waals surface area (Å²) < 4.78 is 40.3. The number of methoxy groups -OCH3 is 1. The molecule has 0 aromatic heterocycles. The maximum absolute atomic E-state index is 12.7. The molecule has 28 heteroatoms. The standard InChI is InChI=1S/C36H75N7O15P4S2/c1-53-26-27-54-36(48)43(22-20-41-32(44)16-8-6-10-18-39-34(46)30-63-28-14-4-2-12-24-55-61(49,50)57-59-37)23-21-42-33(45)17-9-7-11-19-40-35(47)31-64-29-15-5-3-13-25-56-62(51,52)58-60-38/h49-50,59-60H,2-31,37-38H2,1H3,(H4-,39,40,41,42,44,45,46,47,51,52)/p+1. The van der Waals surface area contributed by atoms with E-state index < -0.39 is 40.0 Å². The van der Waals surface area contributed by atoms with Gasteiger partial charge >= 0.3 is 22.1 Å². The molecule has 5 amide bonds. The summed E-state index contributed by atoms with van der Waals surface area (Å²) in [5.74, 6) is 2.05. The Balaban J connectivity index is 4.02. The van der Waals surface area contributed by atoms with E-state index in [9.17, 15) is 43.2 Å². The van der Waals surface area contributed by atoms with Crippen molar-refractivity contribution in [2.75, 3.05) is 95.8 Å². The molecule has 0 spiro atoms. The average Bonchev–Trinajstić information content (AvgIpc) is 3.24. The molecule has 3 atom stereocenters. The van der Waals surface area contributed by atoms with E-state index >= 15 is 0 Å². The van der Waals surface area contributed by atoms with Gasteiger partial charge in [0.1, 0.15) is 22.2 Å². The van der Waals surface area contributed by atoms with Gasteiger partial charge in [0, 0.05) is 59.2 Å². The average molecular weight is 1040 g/mol. The van der Waals surface area contributed by atoms with E-state index in [1.54, 1.807) is 23.5 Å². The first-order valence-electron chi connectivity index (χ1n) is 21.6. The number of hydrogen-bond donors (Lipinski definition) is 9. The molecule has 0 rings (SSSR count). The topological polar surface area (TPSA) is 322 Å². The van der Waals surface area contributed by atoms with Crippen LogP contribution in [0.3, 0.4) is 0 Å². The van der Waals surface area contributed by atoms with Crippen LogP contribution in [0.25, 0.3) is 0 Å². The van der Waals surface area contributed by atoms with Crippen LogP contribution < -0.4 is 32.3 Å². The second kappa shape index (κ2) is 43.3. The SMILES string of the molecule is COCCOC(=O)N(CCNC(=O)CCCCCNC(=O)CSCCCCCCOP(=O)(O)OPN)CCNC(=O)CCCCCNC(=O)CSCCCCCCO[P+](O)(O)OPN. The normalized spacial score (nSPS) is 12.7. The minimum absolute atomic E-state index is 0.0310. The zero-order valence-corrected chi connectivity index (χ0v) is 42.7. The number of nitrogens with two attached hydrogens (primary N) is 2. The number of carbonyl (C=O) groups is 5. The largest absolute Gasteiger partial charge is 0.574 e. The highest BCUT2D eigenvalue weighted by atomic mass is 32.2. The molecule has 0 bridgehead atoms. The summed E-state index contributed by atoms with van der Waals surface area (Å²) in [5, 5.41) is 11.4. The van der Waals surface area contributed by atoms with Crippen molar-refractivity contribution in [3.05, 3.63) is 0 Å². The van der Waals surface area contributed by atoms with Crippen molar-refractivity contribution in [2.24, 2.45) is 11.0 Å². The van der Waals surface area contributed by atoms with E-state index in [-0.39, 0.29) is 76.2 Å². The van der Waals surface area contributed by atoms with Crippen LogP contribution in [0, 0.1) is 0 Å². The minimum atomic E-state index is -4.04. The zero-order valence-electron chi connectivity index (χ0n) is 37.3. The van der Waals surface area contributed by atoms with Gasteiger partial charge in [-0.15, -0.1) is 4.31 Å². The van der Waals surface area contributed by atoms with Crippen LogP contribution in [0.2, 0.25) is 0 Å². The molecule has 0 fully saturated rings. The maximum atomic E-state index is 12.7. The Labute approximate surface area is 391 Å². The number of nitrogens with one attached hydrogen (secondary N) is 4. The van der Waals surface area contributed by atoms with Gasteiger partial charge in [0.05, 0.1) is 33.7 Å². The quantitative estimate of drug-likeness (QED) is 0.0307. The predicted octanol–water partition coefficient (Wildman–Crippen LogP) is 4.01. The number of nitrogens with zero attached hydrogens (tertiary/aromatic N) is 1. The molecule has 0 radical (unpaired) electrons. The van der Waals surface area contributed by atoms with Crippen molar-refractivity contribution in [2.45, 2.75) is 103 Å². The number of hydrogen-bond acceptors (Lipinski definition) is 18. The van der Waals surface area contributed by atoms with E-state index in [2.05, 4.69) is 29.9 Å². The van der Waals surface area contributed by atoms with Crippen LogP contribution in [0.4, 0.5) is 4.79 Å². The van der Waals surface area contributed by atoms with Crippen LogP contribution in [-0.4, -0.2) is 145 Å². The van der Waals surface area contributed by atoms with E-state index in [4.69, 9.17) is 29.5 Å². The van der Waals surface area contributed by atoms with Crippen LogP contribution in [0.5, 0.6) is 0 Å². The molecule has 64 heavy (non-hydrogen) atoms. The fraction of sp³-hybridized carbons (Fsp3) is 0.861. The summed E-state index contributed by atoms with van der Waals surface area (Å²) in [6.45, 7) is 2.48. The van der Waals surface area contributed by atoms with Gasteiger partial charge in [0.2, 0.25) is 23.6 Å². The Morgan fingerprint density at radius 3 is 1.61 bits per heavy atom. The lowest BCUT2D eigenvalue weighted by molar-refractivity contribution is -0.121. The second-order valence-electron chi connectivity index (χ2n) is 14.1. The lowest BCUT2D eigenvalue weighted by atomic mass is 10.2. The molecule has 0 aromatic rings. The summed E-state index contributed by atoms with van der Waals surface area (Å²) in [4.78, 5) is 91.2. The predicted molar refractivity (Wildman–Crippen MR) is 256 cm³/mol. The first kappa shape index (κ1) is 63.0. The number of amides is 5. The fourth-order valence-electron chi connectivity index (χ4n) is 5.37. The van der Waals surface area contributed by atoms with Crippen molar-refractivity contribution < 1.29 is 70.4 Å². The van der Waals surface area contributed by atoms with Crippen LogP contribution in [-0.2, 0) is 50.9 Å². The molecule has 0 aliphatic rings. The van der Waals surface area contributed by atoms with Gasteiger partial charge in [-0.05, 0) is 62.9 Å². The summed E-state index contributed by atoms with van der Waals surface area (Å²) in [6.07, 6.45) is 11.0. The summed E-state index contributed by atoms with van der Waals surface area (Å²) in [7, 11) is -7.49. The van der Waals surface area contributed by atoms with Crippen LogP contribution in [0.15, 0.2) is 0 Å². The fourth-order valence-corrected chi connectivity index (χ4v) is 9.28.